The summed E-state index contributed by atoms with van der Waals surface area (Å²) in [7, 11) is 4.61. The predicted octanol–water partition coefficient (Wildman–Crippen LogP) is 1.20. The number of amides is 1. The highest BCUT2D eigenvalue weighted by molar-refractivity contribution is 5.81. The van der Waals surface area contributed by atoms with Crippen LogP contribution in [0.4, 0.5) is 0 Å². The van der Waals surface area contributed by atoms with E-state index in [2.05, 4.69) is 0 Å². The first-order valence-electron chi connectivity index (χ1n) is 7.21. The van der Waals surface area contributed by atoms with Crippen LogP contribution in [0.3, 0.4) is 0 Å². The molecule has 0 saturated carbocycles. The summed E-state index contributed by atoms with van der Waals surface area (Å²) in [6.07, 6.45) is 0.703. The van der Waals surface area contributed by atoms with Gasteiger partial charge in [0.15, 0.2) is 11.5 Å². The second-order valence-electron chi connectivity index (χ2n) is 4.89. The number of aliphatic carboxylic acids is 1. The highest BCUT2D eigenvalue weighted by Crippen LogP contribution is 2.28. The number of nitrogens with zero attached hydrogens (tertiary/aromatic N) is 1. The van der Waals surface area contributed by atoms with Crippen LogP contribution in [0, 0.1) is 0 Å². The number of carboxylic acids is 1. The van der Waals surface area contributed by atoms with Crippen LogP contribution >= 0.6 is 0 Å². The maximum absolute atomic E-state index is 12.2. The smallest absolute Gasteiger partial charge is 0.323 e. The molecule has 7 nitrogen and oxygen atoms in total. The Morgan fingerprint density at radius 2 is 1.83 bits per heavy atom. The maximum Gasteiger partial charge on any atom is 0.323 e. The Bertz CT molecular complexity index is 531. The van der Waals surface area contributed by atoms with Gasteiger partial charge in [0.25, 0.3) is 0 Å². The van der Waals surface area contributed by atoms with Gasteiger partial charge in [0.05, 0.1) is 20.8 Å². The van der Waals surface area contributed by atoms with E-state index in [9.17, 15) is 9.59 Å². The van der Waals surface area contributed by atoms with Gasteiger partial charge in [-0.2, -0.15) is 0 Å². The van der Waals surface area contributed by atoms with Crippen molar-refractivity contribution in [1.29, 1.82) is 0 Å². The first-order chi connectivity index (χ1) is 11.0. The molecule has 128 valence electrons. The number of methoxy groups -OCH3 is 3. The van der Waals surface area contributed by atoms with Crippen molar-refractivity contribution in [3.05, 3.63) is 23.8 Å². The number of carboxylic acid groups (broad SMARTS) is 1. The van der Waals surface area contributed by atoms with E-state index in [-0.39, 0.29) is 25.4 Å². The third kappa shape index (κ3) is 6.15. The van der Waals surface area contributed by atoms with E-state index in [0.29, 0.717) is 24.5 Å². The fraction of sp³-hybridized carbons (Fsp3) is 0.500. The van der Waals surface area contributed by atoms with Crippen LogP contribution in [0.15, 0.2) is 18.2 Å². The number of rotatable bonds is 10. The zero-order valence-corrected chi connectivity index (χ0v) is 13.7. The summed E-state index contributed by atoms with van der Waals surface area (Å²) in [5.41, 5.74) is 0.915. The van der Waals surface area contributed by atoms with Gasteiger partial charge in [-0.25, -0.2) is 0 Å². The number of hydrogen-bond donors (Lipinski definition) is 1. The van der Waals surface area contributed by atoms with Crippen molar-refractivity contribution in [2.24, 2.45) is 0 Å². The fourth-order valence-corrected chi connectivity index (χ4v) is 2.10. The third-order valence-corrected chi connectivity index (χ3v) is 3.32. The van der Waals surface area contributed by atoms with E-state index in [1.165, 1.54) is 12.0 Å². The zero-order chi connectivity index (χ0) is 17.2. The average molecular weight is 325 g/mol. The summed E-state index contributed by atoms with van der Waals surface area (Å²) in [4.78, 5) is 24.3. The number of carbonyl (C=O) groups excluding carboxylic acids is 1. The van der Waals surface area contributed by atoms with Crippen molar-refractivity contribution < 1.29 is 28.9 Å². The molecule has 0 saturated heterocycles. The lowest BCUT2D eigenvalue weighted by molar-refractivity contribution is -0.144. The summed E-state index contributed by atoms with van der Waals surface area (Å²) in [5, 5.41) is 8.88. The number of carbonyl (C=O) groups is 2. The molecule has 1 N–H and O–H groups in total. The molecule has 0 aromatic heterocycles. The van der Waals surface area contributed by atoms with Crippen LogP contribution < -0.4 is 9.47 Å². The minimum atomic E-state index is -1.04. The number of benzene rings is 1. The predicted molar refractivity (Wildman–Crippen MR) is 84.0 cm³/mol. The highest BCUT2D eigenvalue weighted by atomic mass is 16.5. The van der Waals surface area contributed by atoms with Gasteiger partial charge in [0.2, 0.25) is 5.91 Å². The molecule has 0 spiro atoms. The van der Waals surface area contributed by atoms with Crippen molar-refractivity contribution in [3.8, 4) is 11.5 Å². The Morgan fingerprint density at radius 3 is 2.39 bits per heavy atom. The van der Waals surface area contributed by atoms with Crippen LogP contribution in [-0.4, -0.2) is 62.9 Å². The molecule has 0 aliphatic heterocycles. The van der Waals surface area contributed by atoms with Gasteiger partial charge < -0.3 is 24.2 Å². The van der Waals surface area contributed by atoms with Crippen molar-refractivity contribution in [1.82, 2.24) is 4.90 Å². The van der Waals surface area contributed by atoms with Gasteiger partial charge in [0.1, 0.15) is 6.54 Å². The monoisotopic (exact) mass is 325 g/mol. The van der Waals surface area contributed by atoms with Gasteiger partial charge >= 0.3 is 5.97 Å². The molecule has 1 aromatic carbocycles. The van der Waals surface area contributed by atoms with Crippen LogP contribution in [0.2, 0.25) is 0 Å². The molecule has 0 aliphatic carbocycles. The Hall–Kier alpha value is -2.28. The molecule has 0 aliphatic rings. The van der Waals surface area contributed by atoms with E-state index in [1.807, 2.05) is 12.1 Å². The molecule has 23 heavy (non-hydrogen) atoms. The van der Waals surface area contributed by atoms with E-state index in [0.717, 1.165) is 5.56 Å². The number of hydrogen-bond acceptors (Lipinski definition) is 5. The second kappa shape index (κ2) is 9.68. The quantitative estimate of drug-likeness (QED) is 0.696. The van der Waals surface area contributed by atoms with Crippen molar-refractivity contribution in [2.75, 3.05) is 41.0 Å². The summed E-state index contributed by atoms with van der Waals surface area (Å²) in [6.45, 7) is 0.233. The van der Waals surface area contributed by atoms with Crippen LogP contribution in [-0.2, 0) is 20.7 Å². The van der Waals surface area contributed by atoms with Gasteiger partial charge in [0, 0.05) is 20.1 Å². The molecule has 0 atom stereocenters. The third-order valence-electron chi connectivity index (χ3n) is 3.32. The van der Waals surface area contributed by atoms with Gasteiger partial charge in [-0.05, 0) is 24.1 Å². The van der Waals surface area contributed by atoms with Crippen molar-refractivity contribution in [3.63, 3.8) is 0 Å². The lowest BCUT2D eigenvalue weighted by Crippen LogP contribution is -2.38. The van der Waals surface area contributed by atoms with Gasteiger partial charge in [-0.15, -0.1) is 0 Å². The Kier molecular flexibility index (Phi) is 7.90. The molecular weight excluding hydrogens is 302 g/mol. The van der Waals surface area contributed by atoms with Crippen molar-refractivity contribution in [2.45, 2.75) is 12.8 Å². The van der Waals surface area contributed by atoms with Gasteiger partial charge in [-0.3, -0.25) is 9.59 Å². The first kappa shape index (κ1) is 18.8. The second-order valence-corrected chi connectivity index (χ2v) is 4.89. The Balaban J connectivity index is 2.67. The zero-order valence-electron chi connectivity index (χ0n) is 13.7. The molecule has 0 radical (unpaired) electrons. The van der Waals surface area contributed by atoms with Crippen LogP contribution in [0.5, 0.6) is 11.5 Å². The fourth-order valence-electron chi connectivity index (χ4n) is 2.10. The molecule has 1 amide bonds. The summed E-state index contributed by atoms with van der Waals surface area (Å²) < 4.78 is 15.3. The lowest BCUT2D eigenvalue weighted by Gasteiger charge is -2.20. The van der Waals surface area contributed by atoms with E-state index in [4.69, 9.17) is 19.3 Å². The Labute approximate surface area is 135 Å². The van der Waals surface area contributed by atoms with Crippen molar-refractivity contribution >= 4 is 11.9 Å². The largest absolute Gasteiger partial charge is 0.493 e. The van der Waals surface area contributed by atoms with E-state index < -0.39 is 5.97 Å². The molecule has 0 heterocycles. The summed E-state index contributed by atoms with van der Waals surface area (Å²) >= 11 is 0. The SMILES string of the molecule is COCCN(CC(=O)O)C(=O)CCc1ccc(OC)c(OC)c1. The van der Waals surface area contributed by atoms with Crippen LogP contribution in [0.25, 0.3) is 0 Å². The van der Waals surface area contributed by atoms with E-state index in [1.54, 1.807) is 20.3 Å². The highest BCUT2D eigenvalue weighted by Gasteiger charge is 2.16. The average Bonchev–Trinajstić information content (AvgIpc) is 2.55. The molecule has 0 fully saturated rings. The summed E-state index contributed by atoms with van der Waals surface area (Å²) in [5.74, 6) is -0.0470. The first-order valence-corrected chi connectivity index (χ1v) is 7.21. The summed E-state index contributed by atoms with van der Waals surface area (Å²) in [6, 6.07) is 5.44. The topological polar surface area (TPSA) is 85.3 Å². The molecule has 1 aromatic rings. The van der Waals surface area contributed by atoms with Gasteiger partial charge in [-0.1, -0.05) is 6.07 Å². The van der Waals surface area contributed by atoms with E-state index >= 15 is 0 Å². The minimum Gasteiger partial charge on any atom is -0.493 e. The molecule has 7 heteroatoms. The number of ether oxygens (including phenoxy) is 3. The Morgan fingerprint density at radius 1 is 1.13 bits per heavy atom. The standard InChI is InChI=1S/C16H23NO6/c1-21-9-8-17(11-16(19)20)15(18)7-5-12-4-6-13(22-2)14(10-12)23-3/h4,6,10H,5,7-9,11H2,1-3H3,(H,19,20). The lowest BCUT2D eigenvalue weighted by atomic mass is 10.1. The minimum absolute atomic E-state index is 0.215. The molecule has 0 unspecified atom stereocenters. The molecule has 0 bridgehead atoms. The van der Waals surface area contributed by atoms with Crippen LogP contribution in [0.1, 0.15) is 12.0 Å². The maximum atomic E-state index is 12.2. The number of aryl methyl sites for hydroxylation is 1. The normalized spacial score (nSPS) is 10.2. The molecule has 1 rings (SSSR count). The molecular formula is C16H23NO6.